The lowest BCUT2D eigenvalue weighted by atomic mass is 9.90. The summed E-state index contributed by atoms with van der Waals surface area (Å²) in [5.74, 6) is -0.0452. The van der Waals surface area contributed by atoms with Gasteiger partial charge in [0.15, 0.2) is 0 Å². The first-order valence-corrected chi connectivity index (χ1v) is 7.89. The number of carbonyl (C=O) groups excluding carboxylic acids is 1. The quantitative estimate of drug-likeness (QED) is 0.781. The molecular weight excluding hydrogens is 341 g/mol. The molecule has 0 bridgehead atoms. The Labute approximate surface area is 143 Å². The smallest absolute Gasteiger partial charge is 0.225 e. The van der Waals surface area contributed by atoms with Crippen LogP contribution in [0.2, 0.25) is 15.1 Å². The largest absolute Gasteiger partial charge is 0.326 e. The molecule has 1 aliphatic heterocycles. The first-order chi connectivity index (χ1) is 10.5. The van der Waals surface area contributed by atoms with Gasteiger partial charge in [0.25, 0.3) is 0 Å². The Morgan fingerprint density at radius 1 is 0.955 bits per heavy atom. The lowest BCUT2D eigenvalue weighted by molar-refractivity contribution is -0.120. The first kappa shape index (κ1) is 15.4. The van der Waals surface area contributed by atoms with E-state index in [2.05, 4.69) is 5.32 Å². The second kappa shape index (κ2) is 6.33. The Kier molecular flexibility index (Phi) is 4.44. The van der Waals surface area contributed by atoms with Crippen molar-refractivity contribution in [2.45, 2.75) is 12.3 Å². The third-order valence-electron chi connectivity index (χ3n) is 3.57. The summed E-state index contributed by atoms with van der Waals surface area (Å²) >= 11 is 18.1. The summed E-state index contributed by atoms with van der Waals surface area (Å²) in [7, 11) is 0. The van der Waals surface area contributed by atoms with Crippen LogP contribution in [0.25, 0.3) is 5.70 Å². The number of benzene rings is 2. The van der Waals surface area contributed by atoms with Gasteiger partial charge in [0.2, 0.25) is 5.91 Å². The molecule has 112 valence electrons. The molecule has 0 saturated heterocycles. The number of rotatable bonds is 2. The van der Waals surface area contributed by atoms with Crippen LogP contribution in [-0.4, -0.2) is 5.91 Å². The van der Waals surface area contributed by atoms with Crippen molar-refractivity contribution in [2.75, 3.05) is 0 Å². The van der Waals surface area contributed by atoms with E-state index in [1.54, 1.807) is 18.2 Å². The Morgan fingerprint density at radius 2 is 1.64 bits per heavy atom. The van der Waals surface area contributed by atoms with Crippen molar-refractivity contribution in [3.05, 3.63) is 74.7 Å². The van der Waals surface area contributed by atoms with Gasteiger partial charge in [-0.25, -0.2) is 0 Å². The van der Waals surface area contributed by atoms with Crippen LogP contribution >= 0.6 is 34.8 Å². The molecule has 1 unspecified atom stereocenters. The number of halogens is 3. The maximum atomic E-state index is 12.0. The zero-order chi connectivity index (χ0) is 15.7. The van der Waals surface area contributed by atoms with Gasteiger partial charge in [-0.05, 0) is 35.9 Å². The highest BCUT2D eigenvalue weighted by Crippen LogP contribution is 2.33. The SMILES string of the molecule is O=C1CC(c2ccc(Cl)cc2)C=C(c2ccc(Cl)cc2Cl)N1. The highest BCUT2D eigenvalue weighted by atomic mass is 35.5. The van der Waals surface area contributed by atoms with Gasteiger partial charge in [0.1, 0.15) is 0 Å². The summed E-state index contributed by atoms with van der Waals surface area (Å²) in [4.78, 5) is 12.0. The molecule has 0 saturated carbocycles. The van der Waals surface area contributed by atoms with Crippen molar-refractivity contribution in [3.63, 3.8) is 0 Å². The second-order valence-electron chi connectivity index (χ2n) is 5.11. The minimum Gasteiger partial charge on any atom is -0.326 e. The fourth-order valence-electron chi connectivity index (χ4n) is 2.49. The number of allylic oxidation sites excluding steroid dienone is 1. The molecule has 0 aliphatic carbocycles. The van der Waals surface area contributed by atoms with Crippen molar-refractivity contribution in [3.8, 4) is 0 Å². The van der Waals surface area contributed by atoms with Crippen LogP contribution in [0.4, 0.5) is 0 Å². The molecule has 1 atom stereocenters. The summed E-state index contributed by atoms with van der Waals surface area (Å²) < 4.78 is 0. The number of hydrogen-bond donors (Lipinski definition) is 1. The summed E-state index contributed by atoms with van der Waals surface area (Å²) in [5.41, 5.74) is 2.51. The predicted octanol–water partition coefficient (Wildman–Crippen LogP) is 5.29. The monoisotopic (exact) mass is 351 g/mol. The van der Waals surface area contributed by atoms with E-state index in [9.17, 15) is 4.79 Å². The van der Waals surface area contributed by atoms with Crippen LogP contribution in [0, 0.1) is 0 Å². The van der Waals surface area contributed by atoms with Crippen LogP contribution < -0.4 is 5.32 Å². The van der Waals surface area contributed by atoms with Crippen molar-refractivity contribution < 1.29 is 4.79 Å². The average Bonchev–Trinajstić information content (AvgIpc) is 2.47. The molecule has 0 fully saturated rings. The third kappa shape index (κ3) is 3.30. The molecule has 1 amide bonds. The molecule has 0 aromatic heterocycles. The summed E-state index contributed by atoms with van der Waals surface area (Å²) in [6, 6.07) is 12.7. The minimum atomic E-state index is -0.0385. The Bertz CT molecular complexity index is 753. The van der Waals surface area contributed by atoms with Crippen molar-refractivity contribution in [1.82, 2.24) is 5.32 Å². The molecule has 2 aromatic carbocycles. The zero-order valence-corrected chi connectivity index (χ0v) is 13.7. The lowest BCUT2D eigenvalue weighted by Gasteiger charge is -2.23. The fraction of sp³-hybridized carbons (Fsp3) is 0.118. The Morgan fingerprint density at radius 3 is 2.32 bits per heavy atom. The molecule has 0 radical (unpaired) electrons. The van der Waals surface area contributed by atoms with Gasteiger partial charge >= 0.3 is 0 Å². The number of amides is 1. The second-order valence-corrected chi connectivity index (χ2v) is 6.39. The fourth-order valence-corrected chi connectivity index (χ4v) is 3.13. The molecule has 1 N–H and O–H groups in total. The van der Waals surface area contributed by atoms with Crippen LogP contribution in [0.15, 0.2) is 48.5 Å². The van der Waals surface area contributed by atoms with E-state index in [4.69, 9.17) is 34.8 Å². The van der Waals surface area contributed by atoms with Gasteiger partial charge in [-0.3, -0.25) is 4.79 Å². The van der Waals surface area contributed by atoms with Crippen LogP contribution in [0.5, 0.6) is 0 Å². The van der Waals surface area contributed by atoms with Gasteiger partial charge in [0.05, 0.1) is 5.02 Å². The third-order valence-corrected chi connectivity index (χ3v) is 4.37. The van der Waals surface area contributed by atoms with E-state index >= 15 is 0 Å². The average molecular weight is 353 g/mol. The topological polar surface area (TPSA) is 29.1 Å². The van der Waals surface area contributed by atoms with Crippen LogP contribution in [0.3, 0.4) is 0 Å². The van der Waals surface area contributed by atoms with E-state index < -0.39 is 0 Å². The molecule has 2 aromatic rings. The van der Waals surface area contributed by atoms with Crippen LogP contribution in [0.1, 0.15) is 23.5 Å². The van der Waals surface area contributed by atoms with E-state index in [0.717, 1.165) is 11.1 Å². The van der Waals surface area contributed by atoms with E-state index in [0.29, 0.717) is 27.2 Å². The Hall–Kier alpha value is -1.48. The van der Waals surface area contributed by atoms with E-state index in [1.165, 1.54) is 0 Å². The van der Waals surface area contributed by atoms with Gasteiger partial charge < -0.3 is 5.32 Å². The Balaban J connectivity index is 1.99. The van der Waals surface area contributed by atoms with Gasteiger partial charge in [-0.2, -0.15) is 0 Å². The predicted molar refractivity (Wildman–Crippen MR) is 91.4 cm³/mol. The first-order valence-electron chi connectivity index (χ1n) is 6.75. The standard InChI is InChI=1S/C17H12Cl3NO/c18-12-3-1-10(2-4-12)11-7-16(21-17(22)8-11)14-6-5-13(19)9-15(14)20/h1-7,9,11H,8H2,(H,21,22). The molecule has 3 rings (SSSR count). The maximum absolute atomic E-state index is 12.0. The lowest BCUT2D eigenvalue weighted by Crippen LogP contribution is -2.28. The van der Waals surface area contributed by atoms with Crippen molar-refractivity contribution in [1.29, 1.82) is 0 Å². The number of hydrogen-bond acceptors (Lipinski definition) is 1. The maximum Gasteiger partial charge on any atom is 0.225 e. The van der Waals surface area contributed by atoms with Gasteiger partial charge in [-0.15, -0.1) is 0 Å². The highest BCUT2D eigenvalue weighted by Gasteiger charge is 2.22. The summed E-state index contributed by atoms with van der Waals surface area (Å²) in [6.07, 6.45) is 2.41. The summed E-state index contributed by atoms with van der Waals surface area (Å²) in [6.45, 7) is 0. The van der Waals surface area contributed by atoms with Crippen LogP contribution in [-0.2, 0) is 4.79 Å². The zero-order valence-electron chi connectivity index (χ0n) is 11.4. The molecule has 0 spiro atoms. The van der Waals surface area contributed by atoms with Gasteiger partial charge in [0, 0.05) is 33.6 Å². The molecule has 1 aliphatic rings. The summed E-state index contributed by atoms with van der Waals surface area (Å²) in [5, 5.41) is 4.62. The molecule has 5 heteroatoms. The molecule has 2 nitrogen and oxygen atoms in total. The molecule has 22 heavy (non-hydrogen) atoms. The van der Waals surface area contributed by atoms with Crippen molar-refractivity contribution >= 4 is 46.4 Å². The highest BCUT2D eigenvalue weighted by molar-refractivity contribution is 6.35. The van der Waals surface area contributed by atoms with Crippen molar-refractivity contribution in [2.24, 2.45) is 0 Å². The minimum absolute atomic E-state index is 0.00670. The number of carbonyl (C=O) groups is 1. The van der Waals surface area contributed by atoms with Gasteiger partial charge in [-0.1, -0.05) is 53.0 Å². The molecule has 1 heterocycles. The number of nitrogens with one attached hydrogen (secondary N) is 1. The molecular formula is C17H12Cl3NO. The van der Waals surface area contributed by atoms with E-state index in [1.807, 2.05) is 30.3 Å². The van der Waals surface area contributed by atoms with E-state index in [-0.39, 0.29) is 11.8 Å². The normalized spacial score (nSPS) is 17.9.